The summed E-state index contributed by atoms with van der Waals surface area (Å²) in [5, 5.41) is 2.87. The number of ether oxygens (including phenoxy) is 4. The Morgan fingerprint density at radius 3 is 2.62 bits per heavy atom. The Labute approximate surface area is 197 Å². The van der Waals surface area contributed by atoms with Gasteiger partial charge in [0, 0.05) is 23.7 Å². The van der Waals surface area contributed by atoms with Gasteiger partial charge in [-0.15, -0.1) is 0 Å². The Balaban J connectivity index is 1.54. The fourth-order valence-electron chi connectivity index (χ4n) is 4.06. The van der Waals surface area contributed by atoms with Crippen molar-refractivity contribution >= 4 is 5.91 Å². The third kappa shape index (κ3) is 4.33. The average molecular weight is 467 g/mol. The van der Waals surface area contributed by atoms with Gasteiger partial charge in [-0.3, -0.25) is 9.78 Å². The molecule has 0 spiro atoms. The van der Waals surface area contributed by atoms with E-state index in [4.69, 9.17) is 18.9 Å². The molecule has 1 aliphatic rings. The van der Waals surface area contributed by atoms with Gasteiger partial charge in [-0.2, -0.15) is 0 Å². The van der Waals surface area contributed by atoms with Gasteiger partial charge < -0.3 is 24.3 Å². The molecule has 178 valence electrons. The molecule has 34 heavy (non-hydrogen) atoms. The lowest BCUT2D eigenvalue weighted by atomic mass is 10.0. The highest BCUT2D eigenvalue weighted by Gasteiger charge is 2.29. The number of aryl methyl sites for hydroxylation is 2. The van der Waals surface area contributed by atoms with Crippen molar-refractivity contribution in [1.82, 2.24) is 15.3 Å². The Morgan fingerprint density at radius 1 is 1.15 bits per heavy atom. The quantitative estimate of drug-likeness (QED) is 0.567. The number of nitrogens with one attached hydrogen (secondary N) is 1. The van der Waals surface area contributed by atoms with Gasteiger partial charge in [-0.25, -0.2) is 9.37 Å². The number of aromatic nitrogens is 2. The highest BCUT2D eigenvalue weighted by molar-refractivity contribution is 5.98. The van der Waals surface area contributed by atoms with E-state index in [0.717, 1.165) is 11.3 Å². The van der Waals surface area contributed by atoms with E-state index in [2.05, 4.69) is 15.3 Å². The van der Waals surface area contributed by atoms with Crippen molar-refractivity contribution in [2.75, 3.05) is 27.9 Å². The van der Waals surface area contributed by atoms with Gasteiger partial charge in [0.15, 0.2) is 11.5 Å². The van der Waals surface area contributed by atoms with Gasteiger partial charge in [0.05, 0.1) is 50.5 Å². The minimum atomic E-state index is -0.375. The zero-order valence-electron chi connectivity index (χ0n) is 19.7. The molecule has 3 aromatic rings. The van der Waals surface area contributed by atoms with Crippen molar-refractivity contribution in [3.8, 4) is 34.3 Å². The van der Waals surface area contributed by atoms with Crippen LogP contribution in [0.25, 0.3) is 11.3 Å². The van der Waals surface area contributed by atoms with Gasteiger partial charge >= 0.3 is 0 Å². The summed E-state index contributed by atoms with van der Waals surface area (Å²) in [4.78, 5) is 21.8. The molecule has 1 unspecified atom stereocenters. The van der Waals surface area contributed by atoms with E-state index in [1.165, 1.54) is 33.5 Å². The van der Waals surface area contributed by atoms with E-state index in [-0.39, 0.29) is 30.1 Å². The number of nitrogens with zero attached hydrogens (tertiary/aromatic N) is 2. The average Bonchev–Trinajstić information content (AvgIpc) is 3.25. The van der Waals surface area contributed by atoms with E-state index in [1.807, 2.05) is 13.8 Å². The van der Waals surface area contributed by atoms with Gasteiger partial charge in [-0.05, 0) is 38.1 Å². The molecule has 4 rings (SSSR count). The Hall–Kier alpha value is -3.88. The van der Waals surface area contributed by atoms with Crippen LogP contribution in [0.2, 0.25) is 0 Å². The molecule has 1 aromatic heterocycles. The van der Waals surface area contributed by atoms with Crippen LogP contribution in [0.4, 0.5) is 4.39 Å². The summed E-state index contributed by atoms with van der Waals surface area (Å²) in [5.41, 5.74) is 3.56. The summed E-state index contributed by atoms with van der Waals surface area (Å²) < 4.78 is 36.6. The van der Waals surface area contributed by atoms with E-state index >= 15 is 0 Å². The first-order valence-electron chi connectivity index (χ1n) is 10.7. The summed E-state index contributed by atoms with van der Waals surface area (Å²) >= 11 is 0. The zero-order chi connectivity index (χ0) is 24.4. The van der Waals surface area contributed by atoms with Crippen molar-refractivity contribution in [3.05, 3.63) is 58.8 Å². The lowest BCUT2D eigenvalue weighted by Gasteiger charge is -2.17. The minimum Gasteiger partial charge on any atom is -0.493 e. The van der Waals surface area contributed by atoms with Crippen molar-refractivity contribution in [3.63, 3.8) is 0 Å². The molecule has 8 nitrogen and oxygen atoms in total. The number of hydrogen-bond donors (Lipinski definition) is 1. The molecule has 2 heterocycles. The highest BCUT2D eigenvalue weighted by Crippen LogP contribution is 2.41. The van der Waals surface area contributed by atoms with Crippen LogP contribution >= 0.6 is 0 Å². The van der Waals surface area contributed by atoms with Crippen LogP contribution in [-0.4, -0.2) is 49.9 Å². The summed E-state index contributed by atoms with van der Waals surface area (Å²) in [7, 11) is 4.44. The molecule has 1 amide bonds. The third-order valence-electron chi connectivity index (χ3n) is 5.63. The van der Waals surface area contributed by atoms with Crippen molar-refractivity contribution in [1.29, 1.82) is 0 Å². The Kier molecular flexibility index (Phi) is 6.54. The first-order valence-corrected chi connectivity index (χ1v) is 10.7. The maximum absolute atomic E-state index is 14.4. The summed E-state index contributed by atoms with van der Waals surface area (Å²) in [5.74, 6) is 0.885. The molecule has 1 atom stereocenters. The van der Waals surface area contributed by atoms with Gasteiger partial charge in [-0.1, -0.05) is 0 Å². The zero-order valence-corrected chi connectivity index (χ0v) is 19.7. The molecule has 0 saturated carbocycles. The normalized spacial score (nSPS) is 14.2. The molecule has 0 saturated heterocycles. The molecular formula is C25H26FN3O5. The SMILES string of the molecule is COc1ccc(C(=O)NCC2Cc3cc(F)cc(-c4nc(C)cnc4C)c3O2)c(OC)c1OC. The highest BCUT2D eigenvalue weighted by atomic mass is 19.1. The van der Waals surface area contributed by atoms with Crippen LogP contribution in [0.5, 0.6) is 23.0 Å². The number of amides is 1. The van der Waals surface area contributed by atoms with Crippen LogP contribution in [0.15, 0.2) is 30.5 Å². The maximum Gasteiger partial charge on any atom is 0.255 e. The number of halogens is 1. The molecule has 2 aromatic carbocycles. The minimum absolute atomic E-state index is 0.213. The monoisotopic (exact) mass is 467 g/mol. The van der Waals surface area contributed by atoms with Gasteiger partial charge in [0.25, 0.3) is 5.91 Å². The summed E-state index contributed by atoms with van der Waals surface area (Å²) in [6.45, 7) is 3.86. The predicted octanol–water partition coefficient (Wildman–Crippen LogP) is 3.66. The first kappa shape index (κ1) is 23.3. The molecule has 0 radical (unpaired) electrons. The number of benzene rings is 2. The molecule has 0 fully saturated rings. The second-order valence-corrected chi connectivity index (χ2v) is 7.92. The van der Waals surface area contributed by atoms with E-state index in [9.17, 15) is 9.18 Å². The first-order chi connectivity index (χ1) is 16.4. The maximum atomic E-state index is 14.4. The van der Waals surface area contributed by atoms with E-state index in [0.29, 0.717) is 46.2 Å². The lowest BCUT2D eigenvalue weighted by Crippen LogP contribution is -2.34. The molecule has 1 aliphatic heterocycles. The lowest BCUT2D eigenvalue weighted by molar-refractivity contribution is 0.0930. The van der Waals surface area contributed by atoms with Crippen LogP contribution < -0.4 is 24.3 Å². The standard InChI is InChI=1S/C25H26FN3O5/c1-13-11-27-14(2)21(29-13)19-10-16(26)8-15-9-17(34-22(15)19)12-28-25(30)18-6-7-20(31-3)24(33-5)23(18)32-4/h6-8,10-11,17H,9,12H2,1-5H3,(H,28,30). The fourth-order valence-corrected chi connectivity index (χ4v) is 4.06. The summed E-state index contributed by atoms with van der Waals surface area (Å²) in [6, 6.07) is 6.10. The van der Waals surface area contributed by atoms with E-state index in [1.54, 1.807) is 18.3 Å². The molecule has 9 heteroatoms. The molecular weight excluding hydrogens is 441 g/mol. The Morgan fingerprint density at radius 2 is 1.91 bits per heavy atom. The van der Waals surface area contributed by atoms with Crippen LogP contribution in [-0.2, 0) is 6.42 Å². The molecule has 0 aliphatic carbocycles. The number of carbonyl (C=O) groups is 1. The van der Waals surface area contributed by atoms with Gasteiger partial charge in [0.1, 0.15) is 17.7 Å². The van der Waals surface area contributed by atoms with Crippen LogP contribution in [0, 0.1) is 19.7 Å². The summed E-state index contributed by atoms with van der Waals surface area (Å²) in [6.07, 6.45) is 1.74. The number of methoxy groups -OCH3 is 3. The number of fused-ring (bicyclic) bond motifs is 1. The third-order valence-corrected chi connectivity index (χ3v) is 5.63. The largest absolute Gasteiger partial charge is 0.493 e. The fraction of sp³-hybridized carbons (Fsp3) is 0.320. The van der Waals surface area contributed by atoms with Gasteiger partial charge in [0.2, 0.25) is 5.75 Å². The van der Waals surface area contributed by atoms with Crippen molar-refractivity contribution < 1.29 is 28.1 Å². The van der Waals surface area contributed by atoms with E-state index < -0.39 is 0 Å². The van der Waals surface area contributed by atoms with Crippen molar-refractivity contribution in [2.45, 2.75) is 26.4 Å². The second kappa shape index (κ2) is 9.54. The second-order valence-electron chi connectivity index (χ2n) is 7.92. The number of hydrogen-bond acceptors (Lipinski definition) is 7. The number of carbonyl (C=O) groups excluding carboxylic acids is 1. The van der Waals surface area contributed by atoms with Crippen LogP contribution in [0.1, 0.15) is 27.3 Å². The number of rotatable bonds is 7. The Bertz CT molecular complexity index is 1250. The predicted molar refractivity (Wildman–Crippen MR) is 123 cm³/mol. The molecule has 0 bridgehead atoms. The van der Waals surface area contributed by atoms with Crippen molar-refractivity contribution in [2.24, 2.45) is 0 Å². The smallest absolute Gasteiger partial charge is 0.255 e. The topological polar surface area (TPSA) is 91.8 Å². The van der Waals surface area contributed by atoms with Crippen LogP contribution in [0.3, 0.4) is 0 Å². The molecule has 1 N–H and O–H groups in total.